The van der Waals surface area contributed by atoms with Gasteiger partial charge in [-0.2, -0.15) is 0 Å². The largest absolute Gasteiger partial charge is 0.481 e. The highest BCUT2D eigenvalue weighted by Crippen LogP contribution is 2.13. The quantitative estimate of drug-likeness (QED) is 0.808. The fourth-order valence-electron chi connectivity index (χ4n) is 1.35. The maximum Gasteiger partial charge on any atom is 0.309 e. The van der Waals surface area contributed by atoms with Crippen LogP contribution in [0.1, 0.15) is 5.56 Å². The van der Waals surface area contributed by atoms with Gasteiger partial charge in [-0.3, -0.25) is 4.79 Å². The van der Waals surface area contributed by atoms with Gasteiger partial charge in [0.2, 0.25) is 0 Å². The van der Waals surface area contributed by atoms with E-state index >= 15 is 0 Å². The molecule has 15 heavy (non-hydrogen) atoms. The van der Waals surface area contributed by atoms with Gasteiger partial charge in [0.1, 0.15) is 5.82 Å². The van der Waals surface area contributed by atoms with Crippen LogP contribution < -0.4 is 0 Å². The highest BCUT2D eigenvalue weighted by Gasteiger charge is 2.19. The smallest absolute Gasteiger partial charge is 0.309 e. The minimum absolute atomic E-state index is 0.0870. The van der Waals surface area contributed by atoms with E-state index in [9.17, 15) is 9.18 Å². The molecule has 1 aromatic rings. The Morgan fingerprint density at radius 3 is 2.73 bits per heavy atom. The summed E-state index contributed by atoms with van der Waals surface area (Å²) < 4.78 is 18.0. The molecule has 0 aromatic heterocycles. The molecule has 82 valence electrons. The summed E-state index contributed by atoms with van der Waals surface area (Å²) in [6.07, 6.45) is 0.149. The zero-order valence-electron chi connectivity index (χ0n) is 8.44. The summed E-state index contributed by atoms with van der Waals surface area (Å²) in [5, 5.41) is 8.85. The summed E-state index contributed by atoms with van der Waals surface area (Å²) in [5.74, 6) is -2.05. The van der Waals surface area contributed by atoms with Crippen molar-refractivity contribution in [3.05, 3.63) is 35.6 Å². The van der Waals surface area contributed by atoms with Crippen molar-refractivity contribution in [2.24, 2.45) is 5.92 Å². The topological polar surface area (TPSA) is 46.5 Å². The standard InChI is InChI=1S/C11H13FO3/c1-15-7-9(11(13)14)6-8-4-2-3-5-10(8)12/h2-5,9H,6-7H2,1H3,(H,13,14). The molecular weight excluding hydrogens is 199 g/mol. The van der Waals surface area contributed by atoms with E-state index in [1.807, 2.05) is 0 Å². The van der Waals surface area contributed by atoms with Crippen molar-refractivity contribution in [1.82, 2.24) is 0 Å². The number of hydrogen-bond donors (Lipinski definition) is 1. The van der Waals surface area contributed by atoms with Gasteiger partial charge < -0.3 is 9.84 Å². The van der Waals surface area contributed by atoms with Crippen LogP contribution in [-0.2, 0) is 16.0 Å². The van der Waals surface area contributed by atoms with Gasteiger partial charge in [0.05, 0.1) is 12.5 Å². The van der Waals surface area contributed by atoms with E-state index in [0.717, 1.165) is 0 Å². The van der Waals surface area contributed by atoms with Crippen LogP contribution in [0.3, 0.4) is 0 Å². The Labute approximate surface area is 87.5 Å². The zero-order valence-corrected chi connectivity index (χ0v) is 8.44. The van der Waals surface area contributed by atoms with Gasteiger partial charge in [0.25, 0.3) is 0 Å². The number of halogens is 1. The number of methoxy groups -OCH3 is 1. The van der Waals surface area contributed by atoms with E-state index in [2.05, 4.69) is 0 Å². The molecule has 1 aromatic carbocycles. The summed E-state index contributed by atoms with van der Waals surface area (Å²) in [4.78, 5) is 10.8. The minimum Gasteiger partial charge on any atom is -0.481 e. The van der Waals surface area contributed by atoms with Crippen molar-refractivity contribution in [2.45, 2.75) is 6.42 Å². The van der Waals surface area contributed by atoms with Crippen LogP contribution in [0.4, 0.5) is 4.39 Å². The molecular formula is C11H13FO3. The number of carbonyl (C=O) groups is 1. The van der Waals surface area contributed by atoms with Crippen molar-refractivity contribution in [3.8, 4) is 0 Å². The lowest BCUT2D eigenvalue weighted by Crippen LogP contribution is -2.21. The SMILES string of the molecule is COCC(Cc1ccccc1F)C(=O)O. The fraction of sp³-hybridized carbons (Fsp3) is 0.364. The van der Waals surface area contributed by atoms with E-state index in [-0.39, 0.29) is 18.8 Å². The molecule has 0 amide bonds. The first-order valence-electron chi connectivity index (χ1n) is 4.60. The predicted molar refractivity (Wildman–Crippen MR) is 53.1 cm³/mol. The van der Waals surface area contributed by atoms with Gasteiger partial charge >= 0.3 is 5.97 Å². The number of rotatable bonds is 5. The molecule has 1 atom stereocenters. The Balaban J connectivity index is 2.74. The third-order valence-corrected chi connectivity index (χ3v) is 2.14. The fourth-order valence-corrected chi connectivity index (χ4v) is 1.35. The number of ether oxygens (including phenoxy) is 1. The molecule has 0 fully saturated rings. The van der Waals surface area contributed by atoms with Gasteiger partial charge in [-0.1, -0.05) is 18.2 Å². The Morgan fingerprint density at radius 2 is 2.20 bits per heavy atom. The van der Waals surface area contributed by atoms with Gasteiger partial charge in [-0.05, 0) is 18.1 Å². The Hall–Kier alpha value is -1.42. The predicted octanol–water partition coefficient (Wildman–Crippen LogP) is 1.72. The lowest BCUT2D eigenvalue weighted by molar-refractivity contribution is -0.143. The first-order chi connectivity index (χ1) is 7.15. The molecule has 0 bridgehead atoms. The van der Waals surface area contributed by atoms with Gasteiger partial charge in [0.15, 0.2) is 0 Å². The van der Waals surface area contributed by atoms with E-state index in [1.165, 1.54) is 13.2 Å². The number of aliphatic carboxylic acids is 1. The van der Waals surface area contributed by atoms with Crippen LogP contribution in [0.2, 0.25) is 0 Å². The molecule has 0 saturated carbocycles. The Bertz CT molecular complexity index is 338. The van der Waals surface area contributed by atoms with Gasteiger partial charge in [-0.15, -0.1) is 0 Å². The van der Waals surface area contributed by atoms with Crippen molar-refractivity contribution in [1.29, 1.82) is 0 Å². The monoisotopic (exact) mass is 212 g/mol. The Morgan fingerprint density at radius 1 is 1.53 bits per heavy atom. The minimum atomic E-state index is -0.972. The molecule has 3 nitrogen and oxygen atoms in total. The van der Waals surface area contributed by atoms with Gasteiger partial charge in [-0.25, -0.2) is 4.39 Å². The highest BCUT2D eigenvalue weighted by atomic mass is 19.1. The number of benzene rings is 1. The van der Waals surface area contributed by atoms with Crippen LogP contribution in [0.5, 0.6) is 0 Å². The van der Waals surface area contributed by atoms with Crippen LogP contribution >= 0.6 is 0 Å². The summed E-state index contributed by atoms with van der Waals surface area (Å²) in [7, 11) is 1.43. The Kier molecular flexibility index (Phi) is 4.24. The summed E-state index contributed by atoms with van der Waals surface area (Å²) in [6, 6.07) is 6.16. The molecule has 0 aliphatic carbocycles. The molecule has 0 saturated heterocycles. The van der Waals surface area contributed by atoms with Crippen LogP contribution in [-0.4, -0.2) is 24.8 Å². The normalized spacial score (nSPS) is 12.4. The van der Waals surface area contributed by atoms with E-state index < -0.39 is 11.9 Å². The van der Waals surface area contributed by atoms with E-state index in [4.69, 9.17) is 9.84 Å². The molecule has 1 rings (SSSR count). The second-order valence-electron chi connectivity index (χ2n) is 3.29. The van der Waals surface area contributed by atoms with Crippen LogP contribution in [0, 0.1) is 11.7 Å². The lowest BCUT2D eigenvalue weighted by atomic mass is 10.00. The molecule has 0 heterocycles. The third-order valence-electron chi connectivity index (χ3n) is 2.14. The van der Waals surface area contributed by atoms with Gasteiger partial charge in [0, 0.05) is 7.11 Å². The molecule has 0 radical (unpaired) electrons. The van der Waals surface area contributed by atoms with Crippen LogP contribution in [0.25, 0.3) is 0 Å². The lowest BCUT2D eigenvalue weighted by Gasteiger charge is -2.11. The number of hydrogen-bond acceptors (Lipinski definition) is 2. The molecule has 1 N–H and O–H groups in total. The average molecular weight is 212 g/mol. The first-order valence-corrected chi connectivity index (χ1v) is 4.60. The second-order valence-corrected chi connectivity index (χ2v) is 3.29. The number of carboxylic acid groups (broad SMARTS) is 1. The van der Waals surface area contributed by atoms with Crippen molar-refractivity contribution >= 4 is 5.97 Å². The molecule has 0 aliphatic heterocycles. The number of carboxylic acids is 1. The summed E-state index contributed by atoms with van der Waals surface area (Å²) in [5.41, 5.74) is 0.405. The maximum absolute atomic E-state index is 13.2. The zero-order chi connectivity index (χ0) is 11.3. The highest BCUT2D eigenvalue weighted by molar-refractivity contribution is 5.70. The van der Waals surface area contributed by atoms with Crippen molar-refractivity contribution in [2.75, 3.05) is 13.7 Å². The summed E-state index contributed by atoms with van der Waals surface area (Å²) >= 11 is 0. The molecule has 0 spiro atoms. The van der Waals surface area contributed by atoms with Crippen molar-refractivity contribution < 1.29 is 19.0 Å². The average Bonchev–Trinajstić information content (AvgIpc) is 2.20. The third kappa shape index (κ3) is 3.32. The molecule has 0 aliphatic rings. The molecule has 1 unspecified atom stereocenters. The maximum atomic E-state index is 13.2. The van der Waals surface area contributed by atoms with E-state index in [1.54, 1.807) is 18.2 Å². The summed E-state index contributed by atoms with van der Waals surface area (Å²) in [6.45, 7) is 0.0870. The second kappa shape index (κ2) is 5.46. The van der Waals surface area contributed by atoms with Crippen LogP contribution in [0.15, 0.2) is 24.3 Å². The van der Waals surface area contributed by atoms with Crippen molar-refractivity contribution in [3.63, 3.8) is 0 Å². The molecule has 4 heteroatoms. The first kappa shape index (κ1) is 11.7. The van der Waals surface area contributed by atoms with E-state index in [0.29, 0.717) is 5.56 Å².